The fraction of sp³-hybridized carbons (Fsp3) is 0.259. The molecule has 0 atom stereocenters. The summed E-state index contributed by atoms with van der Waals surface area (Å²) in [6.07, 6.45) is 1.51. The second-order valence-electron chi connectivity index (χ2n) is 8.44. The zero-order valence-corrected chi connectivity index (χ0v) is 19.6. The van der Waals surface area contributed by atoms with Crippen LogP contribution in [0.15, 0.2) is 84.0 Å². The first-order valence-corrected chi connectivity index (χ1v) is 12.4. The molecular weight excluding hydrogens is 449 g/mol. The van der Waals surface area contributed by atoms with E-state index < -0.39 is 0 Å². The lowest BCUT2D eigenvalue weighted by atomic mass is 10.1. The molecule has 1 aliphatic rings. The average Bonchev–Trinajstić information content (AvgIpc) is 3.21. The Morgan fingerprint density at radius 1 is 0.941 bits per heavy atom. The van der Waals surface area contributed by atoms with Crippen LogP contribution in [0.1, 0.15) is 24.0 Å². The Labute approximate surface area is 202 Å². The first kappa shape index (κ1) is 22.5. The standard InChI is InChI=1S/C27H26FN3O2S/c28-22-12-10-20(11-13-22)18-31-25-9-5-4-8-24(25)29-26(31)34-23-14-16-30(17-15-23)27(32)33-19-21-6-2-1-3-7-21/h1-13,23H,14-19H2. The van der Waals surface area contributed by atoms with Crippen molar-refractivity contribution >= 4 is 28.9 Å². The molecule has 1 amide bonds. The van der Waals surface area contributed by atoms with Gasteiger partial charge in [0.1, 0.15) is 12.4 Å². The smallest absolute Gasteiger partial charge is 0.410 e. The molecule has 0 saturated carbocycles. The molecule has 1 aliphatic heterocycles. The average molecular weight is 476 g/mol. The van der Waals surface area contributed by atoms with Crippen LogP contribution in [-0.2, 0) is 17.9 Å². The number of carbonyl (C=O) groups is 1. The molecule has 1 fully saturated rings. The lowest BCUT2D eigenvalue weighted by molar-refractivity contribution is 0.0901. The Morgan fingerprint density at radius 2 is 1.65 bits per heavy atom. The van der Waals surface area contributed by atoms with Crippen molar-refractivity contribution in [3.8, 4) is 0 Å². The molecule has 1 saturated heterocycles. The first-order chi connectivity index (χ1) is 16.7. The number of ether oxygens (including phenoxy) is 1. The summed E-state index contributed by atoms with van der Waals surface area (Å²) in [4.78, 5) is 19.2. The number of carbonyl (C=O) groups excluding carboxylic acids is 1. The highest BCUT2D eigenvalue weighted by molar-refractivity contribution is 7.99. The van der Waals surface area contributed by atoms with Crippen molar-refractivity contribution in [2.45, 2.75) is 36.4 Å². The van der Waals surface area contributed by atoms with Crippen LogP contribution >= 0.6 is 11.8 Å². The number of aromatic nitrogens is 2. The third-order valence-corrected chi connectivity index (χ3v) is 7.38. The summed E-state index contributed by atoms with van der Waals surface area (Å²) in [5.41, 5.74) is 4.04. The van der Waals surface area contributed by atoms with E-state index in [1.165, 1.54) is 12.1 Å². The zero-order chi connectivity index (χ0) is 23.3. The molecule has 0 bridgehead atoms. The van der Waals surface area contributed by atoms with E-state index in [0.29, 0.717) is 31.5 Å². The second-order valence-corrected chi connectivity index (χ2v) is 9.71. The number of para-hydroxylation sites is 2. The predicted molar refractivity (Wildman–Crippen MR) is 132 cm³/mol. The van der Waals surface area contributed by atoms with E-state index in [-0.39, 0.29) is 11.9 Å². The van der Waals surface area contributed by atoms with Gasteiger partial charge in [0.15, 0.2) is 5.16 Å². The molecule has 34 heavy (non-hydrogen) atoms. The van der Waals surface area contributed by atoms with E-state index in [2.05, 4.69) is 10.6 Å². The SMILES string of the molecule is O=C(OCc1ccccc1)N1CCC(Sc2nc3ccccc3n2Cc2ccc(F)cc2)CC1. The topological polar surface area (TPSA) is 47.4 Å². The number of rotatable bonds is 6. The number of amides is 1. The van der Waals surface area contributed by atoms with Gasteiger partial charge in [-0.2, -0.15) is 0 Å². The van der Waals surface area contributed by atoms with E-state index >= 15 is 0 Å². The van der Waals surface area contributed by atoms with E-state index in [1.807, 2.05) is 60.7 Å². The number of piperidine rings is 1. The van der Waals surface area contributed by atoms with Gasteiger partial charge in [0.05, 0.1) is 17.6 Å². The Balaban J connectivity index is 1.23. The number of benzene rings is 3. The van der Waals surface area contributed by atoms with Crippen LogP contribution in [0.4, 0.5) is 9.18 Å². The van der Waals surface area contributed by atoms with E-state index in [0.717, 1.165) is 40.2 Å². The fourth-order valence-corrected chi connectivity index (χ4v) is 5.37. The molecule has 0 spiro atoms. The monoisotopic (exact) mass is 475 g/mol. The summed E-state index contributed by atoms with van der Waals surface area (Å²) in [6.45, 7) is 2.27. The molecule has 5 nitrogen and oxygen atoms in total. The summed E-state index contributed by atoms with van der Waals surface area (Å²) >= 11 is 1.76. The predicted octanol–water partition coefficient (Wildman–Crippen LogP) is 6.12. The largest absolute Gasteiger partial charge is 0.445 e. The summed E-state index contributed by atoms with van der Waals surface area (Å²) in [7, 11) is 0. The van der Waals surface area contributed by atoms with Gasteiger partial charge in [0.2, 0.25) is 0 Å². The van der Waals surface area contributed by atoms with Crippen molar-refractivity contribution in [2.24, 2.45) is 0 Å². The number of hydrogen-bond acceptors (Lipinski definition) is 4. The molecular formula is C27H26FN3O2S. The quantitative estimate of drug-likeness (QED) is 0.337. The maximum Gasteiger partial charge on any atom is 0.410 e. The molecule has 4 aromatic rings. The van der Waals surface area contributed by atoms with Crippen molar-refractivity contribution in [3.05, 3.63) is 95.8 Å². The highest BCUT2D eigenvalue weighted by atomic mass is 32.2. The third-order valence-electron chi connectivity index (χ3n) is 6.05. The number of halogens is 1. The van der Waals surface area contributed by atoms with Gasteiger partial charge in [-0.25, -0.2) is 14.2 Å². The van der Waals surface area contributed by atoms with Gasteiger partial charge in [-0.15, -0.1) is 0 Å². The minimum Gasteiger partial charge on any atom is -0.445 e. The highest BCUT2D eigenvalue weighted by Gasteiger charge is 2.26. The number of likely N-dealkylation sites (tertiary alicyclic amines) is 1. The Hall–Kier alpha value is -3.32. The van der Waals surface area contributed by atoms with E-state index in [9.17, 15) is 9.18 Å². The minimum atomic E-state index is -0.254. The van der Waals surface area contributed by atoms with Gasteiger partial charge < -0.3 is 14.2 Å². The van der Waals surface area contributed by atoms with Gasteiger partial charge in [-0.3, -0.25) is 0 Å². The number of thioether (sulfide) groups is 1. The Morgan fingerprint density at radius 3 is 2.41 bits per heavy atom. The number of fused-ring (bicyclic) bond motifs is 1. The Kier molecular flexibility index (Phi) is 6.81. The lowest BCUT2D eigenvalue weighted by Crippen LogP contribution is -2.39. The zero-order valence-electron chi connectivity index (χ0n) is 18.8. The maximum absolute atomic E-state index is 13.4. The van der Waals surface area contributed by atoms with Crippen molar-refractivity contribution in [1.29, 1.82) is 0 Å². The second kappa shape index (κ2) is 10.3. The van der Waals surface area contributed by atoms with Crippen LogP contribution in [0.3, 0.4) is 0 Å². The van der Waals surface area contributed by atoms with E-state index in [4.69, 9.17) is 9.72 Å². The van der Waals surface area contributed by atoms with Crippen molar-refractivity contribution in [3.63, 3.8) is 0 Å². The molecule has 0 N–H and O–H groups in total. The van der Waals surface area contributed by atoms with Crippen LogP contribution < -0.4 is 0 Å². The summed E-state index contributed by atoms with van der Waals surface area (Å²) < 4.78 is 21.1. The van der Waals surface area contributed by atoms with Crippen molar-refractivity contribution in [2.75, 3.05) is 13.1 Å². The van der Waals surface area contributed by atoms with Crippen molar-refractivity contribution < 1.29 is 13.9 Å². The summed E-state index contributed by atoms with van der Waals surface area (Å²) in [6, 6.07) is 24.4. The van der Waals surface area contributed by atoms with Crippen molar-refractivity contribution in [1.82, 2.24) is 14.5 Å². The molecule has 0 aliphatic carbocycles. The highest BCUT2D eigenvalue weighted by Crippen LogP contribution is 2.33. The molecule has 0 unspecified atom stereocenters. The van der Waals surface area contributed by atoms with Gasteiger partial charge >= 0.3 is 6.09 Å². The summed E-state index contributed by atoms with van der Waals surface area (Å²) in [5, 5.41) is 1.32. The molecule has 2 heterocycles. The number of hydrogen-bond donors (Lipinski definition) is 0. The molecule has 3 aromatic carbocycles. The number of nitrogens with zero attached hydrogens (tertiary/aromatic N) is 3. The maximum atomic E-state index is 13.4. The van der Waals surface area contributed by atoms with Crippen LogP contribution in [0.2, 0.25) is 0 Å². The number of imidazole rings is 1. The molecule has 7 heteroatoms. The normalized spacial score (nSPS) is 14.4. The minimum absolute atomic E-state index is 0.233. The van der Waals surface area contributed by atoms with Gasteiger partial charge in [-0.05, 0) is 48.2 Å². The molecule has 174 valence electrons. The van der Waals surface area contributed by atoms with Crippen LogP contribution in [0.5, 0.6) is 0 Å². The molecule has 5 rings (SSSR count). The van der Waals surface area contributed by atoms with Gasteiger partial charge in [-0.1, -0.05) is 66.4 Å². The van der Waals surface area contributed by atoms with Gasteiger partial charge in [0.25, 0.3) is 0 Å². The van der Waals surface area contributed by atoms with Crippen LogP contribution in [-0.4, -0.2) is 38.9 Å². The van der Waals surface area contributed by atoms with E-state index in [1.54, 1.807) is 16.7 Å². The third kappa shape index (κ3) is 5.25. The first-order valence-electron chi connectivity index (χ1n) is 11.5. The fourth-order valence-electron chi connectivity index (χ4n) is 4.18. The lowest BCUT2D eigenvalue weighted by Gasteiger charge is -2.30. The summed E-state index contributed by atoms with van der Waals surface area (Å²) in [5.74, 6) is -0.233. The Bertz CT molecular complexity index is 1250. The van der Waals surface area contributed by atoms with Gasteiger partial charge in [0, 0.05) is 18.3 Å². The molecule has 0 radical (unpaired) electrons. The van der Waals surface area contributed by atoms with Crippen LogP contribution in [0.25, 0.3) is 11.0 Å². The van der Waals surface area contributed by atoms with Crippen LogP contribution in [0, 0.1) is 5.82 Å². The molecule has 1 aromatic heterocycles.